The van der Waals surface area contributed by atoms with Crippen molar-refractivity contribution in [3.63, 3.8) is 0 Å². The summed E-state index contributed by atoms with van der Waals surface area (Å²) in [6.45, 7) is 1.92. The maximum absolute atomic E-state index is 13.2. The van der Waals surface area contributed by atoms with Crippen LogP contribution in [-0.2, 0) is 20.0 Å². The van der Waals surface area contributed by atoms with Gasteiger partial charge in [-0.15, -0.1) is 0 Å². The minimum Gasteiger partial charge on any atom is -0.213 e. The molecular weight excluding hydrogens is 319 g/mol. The van der Waals surface area contributed by atoms with Crippen molar-refractivity contribution in [3.05, 3.63) is 29.6 Å². The van der Waals surface area contributed by atoms with Gasteiger partial charge in [0.15, 0.2) is 0 Å². The third-order valence-corrected chi connectivity index (χ3v) is 6.63. The first-order valence-electron chi connectivity index (χ1n) is 6.34. The van der Waals surface area contributed by atoms with Gasteiger partial charge >= 0.3 is 0 Å². The first-order chi connectivity index (χ1) is 9.62. The molecule has 0 aliphatic carbocycles. The molecule has 0 unspecified atom stereocenters. The fraction of sp³-hybridized carbons (Fsp3) is 0.500. The molecule has 0 atom stereocenters. The van der Waals surface area contributed by atoms with Crippen molar-refractivity contribution < 1.29 is 21.2 Å². The van der Waals surface area contributed by atoms with E-state index in [1.807, 2.05) is 0 Å². The number of hydrogen-bond donors (Lipinski definition) is 0. The third kappa shape index (κ3) is 3.42. The number of aryl methyl sites for hydroxylation is 1. The monoisotopic (exact) mass is 336 g/mol. The Morgan fingerprint density at radius 1 is 1.00 bits per heavy atom. The molecular formula is C12H17FN2O4S2. The van der Waals surface area contributed by atoms with Crippen LogP contribution in [0.1, 0.15) is 5.56 Å². The quantitative estimate of drug-likeness (QED) is 0.801. The van der Waals surface area contributed by atoms with Crippen LogP contribution in [0, 0.1) is 12.7 Å². The second kappa shape index (κ2) is 5.64. The van der Waals surface area contributed by atoms with Gasteiger partial charge in [0.25, 0.3) is 0 Å². The Labute approximate surface area is 124 Å². The van der Waals surface area contributed by atoms with Crippen LogP contribution in [0.4, 0.5) is 4.39 Å². The van der Waals surface area contributed by atoms with E-state index in [4.69, 9.17) is 0 Å². The SMILES string of the molecule is Cc1cc(S(=O)(=O)N2CCN(S(C)(=O)=O)CC2)ccc1F. The summed E-state index contributed by atoms with van der Waals surface area (Å²) in [5.41, 5.74) is 0.255. The molecule has 0 amide bonds. The molecule has 1 aromatic rings. The molecule has 0 saturated carbocycles. The summed E-state index contributed by atoms with van der Waals surface area (Å²) in [5.74, 6) is -0.462. The summed E-state index contributed by atoms with van der Waals surface area (Å²) < 4.78 is 63.4. The lowest BCUT2D eigenvalue weighted by atomic mass is 10.2. The van der Waals surface area contributed by atoms with Gasteiger partial charge < -0.3 is 0 Å². The van der Waals surface area contributed by atoms with Crippen LogP contribution in [0.25, 0.3) is 0 Å². The van der Waals surface area contributed by atoms with Gasteiger partial charge in [0.2, 0.25) is 20.0 Å². The summed E-state index contributed by atoms with van der Waals surface area (Å²) in [6, 6.07) is 3.63. The highest BCUT2D eigenvalue weighted by Crippen LogP contribution is 2.20. The maximum Gasteiger partial charge on any atom is 0.243 e. The lowest BCUT2D eigenvalue weighted by Crippen LogP contribution is -2.50. The van der Waals surface area contributed by atoms with Crippen LogP contribution in [0.3, 0.4) is 0 Å². The molecule has 1 fully saturated rings. The van der Waals surface area contributed by atoms with Gasteiger partial charge in [-0.3, -0.25) is 0 Å². The average Bonchev–Trinajstić information content (AvgIpc) is 2.41. The van der Waals surface area contributed by atoms with E-state index < -0.39 is 25.9 Å². The molecule has 118 valence electrons. The van der Waals surface area contributed by atoms with Gasteiger partial charge in [0.1, 0.15) is 5.82 Å². The Bertz CT molecular complexity index is 739. The molecule has 1 saturated heterocycles. The van der Waals surface area contributed by atoms with Gasteiger partial charge in [0, 0.05) is 26.2 Å². The topological polar surface area (TPSA) is 74.8 Å². The molecule has 21 heavy (non-hydrogen) atoms. The van der Waals surface area contributed by atoms with Crippen molar-refractivity contribution in [1.82, 2.24) is 8.61 Å². The molecule has 0 radical (unpaired) electrons. The van der Waals surface area contributed by atoms with Crippen LogP contribution in [0.2, 0.25) is 0 Å². The Balaban J connectivity index is 2.20. The fourth-order valence-electron chi connectivity index (χ4n) is 2.17. The lowest BCUT2D eigenvalue weighted by molar-refractivity contribution is 0.274. The lowest BCUT2D eigenvalue weighted by Gasteiger charge is -2.32. The highest BCUT2D eigenvalue weighted by molar-refractivity contribution is 7.89. The Kier molecular flexibility index (Phi) is 4.39. The Morgan fingerprint density at radius 2 is 1.52 bits per heavy atom. The zero-order chi connectivity index (χ0) is 15.8. The summed E-state index contributed by atoms with van der Waals surface area (Å²) >= 11 is 0. The molecule has 2 rings (SSSR count). The summed E-state index contributed by atoms with van der Waals surface area (Å²) in [6.07, 6.45) is 1.10. The molecule has 1 heterocycles. The molecule has 1 aliphatic heterocycles. The summed E-state index contributed by atoms with van der Waals surface area (Å²) in [7, 11) is -7.03. The molecule has 9 heteroatoms. The fourth-order valence-corrected chi connectivity index (χ4v) is 4.50. The highest BCUT2D eigenvalue weighted by atomic mass is 32.2. The normalized spacial score (nSPS) is 18.8. The second-order valence-electron chi connectivity index (χ2n) is 4.98. The van der Waals surface area contributed by atoms with Gasteiger partial charge in [-0.2, -0.15) is 8.61 Å². The predicted molar refractivity (Wildman–Crippen MR) is 76.3 cm³/mol. The van der Waals surface area contributed by atoms with E-state index in [-0.39, 0.29) is 36.6 Å². The van der Waals surface area contributed by atoms with E-state index in [1.165, 1.54) is 27.7 Å². The summed E-state index contributed by atoms with van der Waals surface area (Å²) in [5, 5.41) is 0. The van der Waals surface area contributed by atoms with Crippen molar-refractivity contribution in [2.45, 2.75) is 11.8 Å². The Hall–Kier alpha value is -1.03. The van der Waals surface area contributed by atoms with Gasteiger partial charge in [0.05, 0.1) is 11.2 Å². The van der Waals surface area contributed by atoms with Crippen LogP contribution in [0.5, 0.6) is 0 Å². The minimum atomic E-state index is -3.73. The zero-order valence-corrected chi connectivity index (χ0v) is 13.4. The molecule has 0 spiro atoms. The smallest absolute Gasteiger partial charge is 0.213 e. The number of sulfonamides is 2. The maximum atomic E-state index is 13.2. The third-order valence-electron chi connectivity index (χ3n) is 3.43. The largest absolute Gasteiger partial charge is 0.243 e. The zero-order valence-electron chi connectivity index (χ0n) is 11.8. The number of nitrogens with zero attached hydrogens (tertiary/aromatic N) is 2. The number of halogens is 1. The number of piperazine rings is 1. The van der Waals surface area contributed by atoms with Crippen molar-refractivity contribution >= 4 is 20.0 Å². The molecule has 0 N–H and O–H groups in total. The van der Waals surface area contributed by atoms with E-state index in [9.17, 15) is 21.2 Å². The average molecular weight is 336 g/mol. The first-order valence-corrected chi connectivity index (χ1v) is 9.62. The number of hydrogen-bond acceptors (Lipinski definition) is 4. The van der Waals surface area contributed by atoms with Crippen molar-refractivity contribution in [2.24, 2.45) is 0 Å². The van der Waals surface area contributed by atoms with Gasteiger partial charge in [-0.1, -0.05) is 0 Å². The van der Waals surface area contributed by atoms with E-state index in [1.54, 1.807) is 0 Å². The van der Waals surface area contributed by atoms with Crippen molar-refractivity contribution in [2.75, 3.05) is 32.4 Å². The molecule has 6 nitrogen and oxygen atoms in total. The Morgan fingerprint density at radius 3 is 2.00 bits per heavy atom. The minimum absolute atomic E-state index is 0.0224. The van der Waals surface area contributed by atoms with Crippen molar-refractivity contribution in [3.8, 4) is 0 Å². The number of benzene rings is 1. The summed E-state index contributed by atoms with van der Waals surface area (Å²) in [4.78, 5) is 0.0224. The van der Waals surface area contributed by atoms with E-state index in [0.717, 1.165) is 12.3 Å². The molecule has 0 aromatic heterocycles. The highest BCUT2D eigenvalue weighted by Gasteiger charge is 2.31. The van der Waals surface area contributed by atoms with Crippen LogP contribution >= 0.6 is 0 Å². The van der Waals surface area contributed by atoms with Crippen LogP contribution in [-0.4, -0.2) is 57.9 Å². The molecule has 1 aromatic carbocycles. The van der Waals surface area contributed by atoms with E-state index in [0.29, 0.717) is 0 Å². The van der Waals surface area contributed by atoms with Gasteiger partial charge in [-0.05, 0) is 30.7 Å². The number of rotatable bonds is 3. The standard InChI is InChI=1S/C12H17FN2O4S2/c1-10-9-11(3-4-12(10)13)21(18,19)15-7-5-14(6-8-15)20(2,16)17/h3-4,9H,5-8H2,1-2H3. The first kappa shape index (κ1) is 16.3. The molecule has 1 aliphatic rings. The van der Waals surface area contributed by atoms with E-state index in [2.05, 4.69) is 0 Å². The van der Waals surface area contributed by atoms with Crippen LogP contribution < -0.4 is 0 Å². The van der Waals surface area contributed by atoms with Crippen molar-refractivity contribution in [1.29, 1.82) is 0 Å². The molecule has 0 bridgehead atoms. The predicted octanol–water partition coefficient (Wildman–Crippen LogP) is 0.400. The van der Waals surface area contributed by atoms with Gasteiger partial charge in [-0.25, -0.2) is 21.2 Å². The van der Waals surface area contributed by atoms with E-state index >= 15 is 0 Å². The van der Waals surface area contributed by atoms with Crippen LogP contribution in [0.15, 0.2) is 23.1 Å². The second-order valence-corrected chi connectivity index (χ2v) is 8.90.